The average molecular weight is 291 g/mol. The molecule has 2 aromatic rings. The summed E-state index contributed by atoms with van der Waals surface area (Å²) in [6, 6.07) is 19.4. The van der Waals surface area contributed by atoms with E-state index in [1.807, 2.05) is 48.6 Å². The van der Waals surface area contributed by atoms with Gasteiger partial charge in [0.25, 0.3) is 0 Å². The van der Waals surface area contributed by atoms with Crippen molar-refractivity contribution in [3.8, 4) is 5.75 Å². The number of benzene rings is 2. The molecule has 0 spiro atoms. The van der Waals surface area contributed by atoms with Crippen LogP contribution in [0.5, 0.6) is 5.75 Å². The summed E-state index contributed by atoms with van der Waals surface area (Å²) in [4.78, 5) is 13.5. The van der Waals surface area contributed by atoms with E-state index in [1.54, 1.807) is 24.5 Å². The molecule has 0 fully saturated rings. The number of hydrogen-bond donors (Lipinski definition) is 0. The summed E-state index contributed by atoms with van der Waals surface area (Å²) in [5.74, 6) is 0.837. The molecular formula is C19H17NO2. The van der Waals surface area contributed by atoms with Gasteiger partial charge in [-0.1, -0.05) is 60.7 Å². The lowest BCUT2D eigenvalue weighted by Crippen LogP contribution is -2.26. The Balaban J connectivity index is 1.57. The molecule has 3 heteroatoms. The third-order valence-electron chi connectivity index (χ3n) is 3.46. The number of nitrogens with zero attached hydrogens (tertiary/aromatic N) is 1. The van der Waals surface area contributed by atoms with Crippen molar-refractivity contribution >= 4 is 6.09 Å². The molecule has 2 aromatic carbocycles. The van der Waals surface area contributed by atoms with E-state index in [0.29, 0.717) is 11.7 Å². The average Bonchev–Trinajstić information content (AvgIpc) is 2.57. The third kappa shape index (κ3) is 3.64. The van der Waals surface area contributed by atoms with Crippen LogP contribution in [0.2, 0.25) is 0 Å². The molecule has 0 bridgehead atoms. The zero-order chi connectivity index (χ0) is 15.2. The lowest BCUT2D eigenvalue weighted by atomic mass is 9.98. The summed E-state index contributed by atoms with van der Waals surface area (Å²) >= 11 is 0. The van der Waals surface area contributed by atoms with Crippen LogP contribution in [0.1, 0.15) is 5.56 Å². The molecule has 0 saturated carbocycles. The molecule has 1 aliphatic rings. The second-order valence-electron chi connectivity index (χ2n) is 5.12. The molecule has 0 saturated heterocycles. The third-order valence-corrected chi connectivity index (χ3v) is 3.46. The minimum absolute atomic E-state index is 0.295. The second-order valence-corrected chi connectivity index (χ2v) is 5.12. The molecule has 0 atom stereocenters. The molecule has 0 unspecified atom stereocenters. The predicted octanol–water partition coefficient (Wildman–Crippen LogP) is 4.39. The molecule has 1 heterocycles. The predicted molar refractivity (Wildman–Crippen MR) is 86.2 cm³/mol. The molecule has 110 valence electrons. The van der Waals surface area contributed by atoms with Crippen LogP contribution < -0.4 is 4.74 Å². The first-order valence-corrected chi connectivity index (χ1v) is 7.27. The van der Waals surface area contributed by atoms with E-state index in [2.05, 4.69) is 12.1 Å². The summed E-state index contributed by atoms with van der Waals surface area (Å²) in [6.45, 7) is 0. The van der Waals surface area contributed by atoms with Gasteiger partial charge < -0.3 is 4.74 Å². The SMILES string of the molecule is O=C(Oc1ccccc1)N1C=CC(Cc2ccccc2)C=C1. The minimum Gasteiger partial charge on any atom is -0.410 e. The van der Waals surface area contributed by atoms with Crippen LogP contribution in [0, 0.1) is 5.92 Å². The Labute approximate surface area is 130 Å². The Kier molecular flexibility index (Phi) is 4.35. The van der Waals surface area contributed by atoms with E-state index in [9.17, 15) is 4.79 Å². The molecule has 0 aromatic heterocycles. The van der Waals surface area contributed by atoms with Crippen LogP contribution in [0.15, 0.2) is 85.2 Å². The summed E-state index contributed by atoms with van der Waals surface area (Å²) in [7, 11) is 0. The quantitative estimate of drug-likeness (QED) is 0.839. The first kappa shape index (κ1) is 14.1. The Morgan fingerprint density at radius 3 is 2.14 bits per heavy atom. The highest BCUT2D eigenvalue weighted by molar-refractivity contribution is 5.73. The number of carbonyl (C=O) groups excluding carboxylic acids is 1. The van der Waals surface area contributed by atoms with Gasteiger partial charge in [-0.05, 0) is 24.1 Å². The van der Waals surface area contributed by atoms with Gasteiger partial charge in [0.05, 0.1) is 0 Å². The van der Waals surface area contributed by atoms with Gasteiger partial charge in [-0.3, -0.25) is 4.90 Å². The van der Waals surface area contributed by atoms with Crippen LogP contribution in [-0.4, -0.2) is 11.0 Å². The Hall–Kier alpha value is -2.81. The fourth-order valence-electron chi connectivity index (χ4n) is 2.31. The Morgan fingerprint density at radius 2 is 1.50 bits per heavy atom. The van der Waals surface area contributed by atoms with Gasteiger partial charge in [0.15, 0.2) is 0 Å². The minimum atomic E-state index is -0.406. The van der Waals surface area contributed by atoms with Gasteiger partial charge in [0.2, 0.25) is 0 Å². The molecule has 3 rings (SSSR count). The monoisotopic (exact) mass is 291 g/mol. The maximum absolute atomic E-state index is 12.0. The standard InChI is InChI=1S/C19H17NO2/c21-19(22-18-9-5-2-6-10-18)20-13-11-17(12-14-20)15-16-7-3-1-4-8-16/h1-14,17H,15H2. The number of allylic oxidation sites excluding steroid dienone is 2. The highest BCUT2D eigenvalue weighted by Crippen LogP contribution is 2.18. The van der Waals surface area contributed by atoms with Gasteiger partial charge in [-0.15, -0.1) is 0 Å². The Bertz CT molecular complexity index is 663. The van der Waals surface area contributed by atoms with Crippen LogP contribution in [0.25, 0.3) is 0 Å². The van der Waals surface area contributed by atoms with Crippen molar-refractivity contribution < 1.29 is 9.53 Å². The van der Waals surface area contributed by atoms with Crippen LogP contribution in [0.4, 0.5) is 4.79 Å². The molecule has 1 aliphatic heterocycles. The first-order chi connectivity index (χ1) is 10.8. The smallest absolute Gasteiger partial charge is 0.410 e. The zero-order valence-electron chi connectivity index (χ0n) is 12.1. The zero-order valence-corrected chi connectivity index (χ0v) is 12.1. The van der Waals surface area contributed by atoms with E-state index in [4.69, 9.17) is 4.74 Å². The van der Waals surface area contributed by atoms with E-state index in [0.717, 1.165) is 6.42 Å². The number of carbonyl (C=O) groups is 1. The van der Waals surface area contributed by atoms with Gasteiger partial charge in [-0.25, -0.2) is 4.79 Å². The largest absolute Gasteiger partial charge is 0.423 e. The van der Waals surface area contributed by atoms with Gasteiger partial charge in [-0.2, -0.15) is 0 Å². The Morgan fingerprint density at radius 1 is 0.909 bits per heavy atom. The highest BCUT2D eigenvalue weighted by Gasteiger charge is 2.15. The number of amides is 1. The van der Waals surface area contributed by atoms with Crippen molar-refractivity contribution in [1.29, 1.82) is 0 Å². The van der Waals surface area contributed by atoms with Crippen molar-refractivity contribution in [3.05, 3.63) is 90.8 Å². The summed E-state index contributed by atoms with van der Waals surface area (Å²) in [5, 5.41) is 0. The van der Waals surface area contributed by atoms with Crippen LogP contribution in [-0.2, 0) is 6.42 Å². The van der Waals surface area contributed by atoms with Crippen molar-refractivity contribution in [3.63, 3.8) is 0 Å². The summed E-state index contributed by atoms with van der Waals surface area (Å²) < 4.78 is 5.29. The van der Waals surface area contributed by atoms with E-state index < -0.39 is 6.09 Å². The highest BCUT2D eigenvalue weighted by atomic mass is 16.6. The van der Waals surface area contributed by atoms with Gasteiger partial charge >= 0.3 is 6.09 Å². The van der Waals surface area contributed by atoms with Crippen molar-refractivity contribution in [2.45, 2.75) is 6.42 Å². The molecular weight excluding hydrogens is 274 g/mol. The fourth-order valence-corrected chi connectivity index (χ4v) is 2.31. The number of rotatable bonds is 3. The van der Waals surface area contributed by atoms with Gasteiger partial charge in [0, 0.05) is 18.3 Å². The van der Waals surface area contributed by atoms with E-state index in [1.165, 1.54) is 10.5 Å². The van der Waals surface area contributed by atoms with Crippen molar-refractivity contribution in [2.24, 2.45) is 5.92 Å². The van der Waals surface area contributed by atoms with E-state index in [-0.39, 0.29) is 0 Å². The maximum Gasteiger partial charge on any atom is 0.423 e. The lowest BCUT2D eigenvalue weighted by Gasteiger charge is -2.19. The van der Waals surface area contributed by atoms with Crippen LogP contribution in [0.3, 0.4) is 0 Å². The van der Waals surface area contributed by atoms with E-state index >= 15 is 0 Å². The van der Waals surface area contributed by atoms with Crippen molar-refractivity contribution in [1.82, 2.24) is 4.90 Å². The molecule has 22 heavy (non-hydrogen) atoms. The fraction of sp³-hybridized carbons (Fsp3) is 0.105. The summed E-state index contributed by atoms with van der Waals surface area (Å²) in [6.07, 6.45) is 8.07. The second kappa shape index (κ2) is 6.76. The molecule has 0 aliphatic carbocycles. The van der Waals surface area contributed by atoms with Gasteiger partial charge in [0.1, 0.15) is 5.75 Å². The number of hydrogen-bond acceptors (Lipinski definition) is 2. The normalized spacial score (nSPS) is 14.1. The number of para-hydroxylation sites is 1. The molecule has 0 N–H and O–H groups in total. The number of ether oxygens (including phenoxy) is 1. The lowest BCUT2D eigenvalue weighted by molar-refractivity contribution is 0.181. The summed E-state index contributed by atoms with van der Waals surface area (Å²) in [5.41, 5.74) is 1.28. The van der Waals surface area contributed by atoms with Crippen LogP contribution >= 0.6 is 0 Å². The first-order valence-electron chi connectivity index (χ1n) is 7.27. The molecule has 0 radical (unpaired) electrons. The molecule has 1 amide bonds. The maximum atomic E-state index is 12.0. The van der Waals surface area contributed by atoms with Crippen molar-refractivity contribution in [2.75, 3.05) is 0 Å². The molecule has 3 nitrogen and oxygen atoms in total. The topological polar surface area (TPSA) is 29.5 Å².